The van der Waals surface area contributed by atoms with Crippen LogP contribution in [0.3, 0.4) is 0 Å². The van der Waals surface area contributed by atoms with Crippen molar-refractivity contribution in [3.8, 4) is 17.2 Å². The summed E-state index contributed by atoms with van der Waals surface area (Å²) in [6, 6.07) is 19.2. The van der Waals surface area contributed by atoms with E-state index in [4.69, 9.17) is 21.1 Å². The molecule has 0 saturated heterocycles. The molecule has 0 radical (unpaired) electrons. The zero-order valence-electron chi connectivity index (χ0n) is 23.7. The number of nitrogens with one attached hydrogen (secondary N) is 1. The second-order valence-corrected chi connectivity index (χ2v) is 10.7. The van der Waals surface area contributed by atoms with Crippen LogP contribution in [0.15, 0.2) is 77.8 Å². The minimum absolute atomic E-state index is 0.0891. The lowest BCUT2D eigenvalue weighted by molar-refractivity contribution is -0.151. The first-order valence-corrected chi connectivity index (χ1v) is 14.1. The van der Waals surface area contributed by atoms with Gasteiger partial charge in [-0.05, 0) is 100.0 Å². The lowest BCUT2D eigenvalue weighted by Gasteiger charge is -2.39. The summed E-state index contributed by atoms with van der Waals surface area (Å²) in [7, 11) is 0. The lowest BCUT2D eigenvalue weighted by Crippen LogP contribution is -2.48. The van der Waals surface area contributed by atoms with E-state index in [-0.39, 0.29) is 24.2 Å². The molecule has 4 rings (SSSR count). The third-order valence-electron chi connectivity index (χ3n) is 6.70. The van der Waals surface area contributed by atoms with Gasteiger partial charge in [-0.3, -0.25) is 9.59 Å². The van der Waals surface area contributed by atoms with E-state index in [9.17, 15) is 19.5 Å². The fourth-order valence-electron chi connectivity index (χ4n) is 4.75. The number of phenols is 1. The monoisotopic (exact) mass is 591 g/mol. The van der Waals surface area contributed by atoms with E-state index in [1.54, 1.807) is 80.3 Å². The quantitative estimate of drug-likeness (QED) is 0.146. The summed E-state index contributed by atoms with van der Waals surface area (Å²) in [5.74, 6) is -0.00962. The lowest BCUT2D eigenvalue weighted by atomic mass is 9.86. The van der Waals surface area contributed by atoms with Crippen molar-refractivity contribution in [3.63, 3.8) is 0 Å². The van der Waals surface area contributed by atoms with Crippen molar-refractivity contribution in [1.82, 2.24) is 10.2 Å². The van der Waals surface area contributed by atoms with Crippen LogP contribution in [0.1, 0.15) is 49.2 Å². The first kappa shape index (κ1) is 30.7. The molecule has 42 heavy (non-hydrogen) atoms. The highest BCUT2D eigenvalue weighted by atomic mass is 35.5. The molecule has 9 nitrogen and oxygen atoms in total. The third kappa shape index (κ3) is 7.96. The molecule has 0 fully saturated rings. The summed E-state index contributed by atoms with van der Waals surface area (Å²) in [5.41, 5.74) is 1.65. The number of benzene rings is 3. The predicted octanol–water partition coefficient (Wildman–Crippen LogP) is 6.21. The Morgan fingerprint density at radius 1 is 1.05 bits per heavy atom. The number of ether oxygens (including phenoxy) is 2. The molecule has 0 bridgehead atoms. The molecule has 220 valence electrons. The number of nitrogens with zero attached hydrogens (tertiary/aromatic N) is 2. The maximum absolute atomic E-state index is 13.1. The first-order valence-electron chi connectivity index (χ1n) is 13.7. The van der Waals surface area contributed by atoms with Gasteiger partial charge >= 0.3 is 12.0 Å². The number of aromatic hydroxyl groups is 1. The van der Waals surface area contributed by atoms with Crippen LogP contribution in [0.2, 0.25) is 5.02 Å². The van der Waals surface area contributed by atoms with Gasteiger partial charge < -0.3 is 24.8 Å². The molecule has 1 aliphatic rings. The summed E-state index contributed by atoms with van der Waals surface area (Å²) >= 11 is 6.26. The van der Waals surface area contributed by atoms with E-state index in [1.165, 1.54) is 12.1 Å². The molecule has 3 aromatic rings. The number of carbonyl (C=O) groups excluding carboxylic acids is 3. The van der Waals surface area contributed by atoms with E-state index in [0.717, 1.165) is 5.56 Å². The number of halogens is 1. The Morgan fingerprint density at radius 3 is 2.36 bits per heavy atom. The first-order chi connectivity index (χ1) is 20.1. The highest BCUT2D eigenvalue weighted by molar-refractivity contribution is 6.30. The Labute approximate surface area is 250 Å². The number of amides is 2. The van der Waals surface area contributed by atoms with E-state index >= 15 is 0 Å². The van der Waals surface area contributed by atoms with Crippen molar-refractivity contribution in [2.45, 2.75) is 39.3 Å². The fourth-order valence-corrected chi connectivity index (χ4v) is 4.95. The summed E-state index contributed by atoms with van der Waals surface area (Å²) < 4.78 is 11.2. The van der Waals surface area contributed by atoms with Gasteiger partial charge in [-0.25, -0.2) is 9.79 Å². The number of esters is 1. The maximum atomic E-state index is 13.1. The van der Waals surface area contributed by atoms with Crippen molar-refractivity contribution in [3.05, 3.63) is 88.9 Å². The van der Waals surface area contributed by atoms with Gasteiger partial charge in [-0.2, -0.15) is 0 Å². The highest BCUT2D eigenvalue weighted by Crippen LogP contribution is 2.36. The second kappa shape index (κ2) is 14.1. The number of urea groups is 1. The van der Waals surface area contributed by atoms with Gasteiger partial charge in [-0.15, -0.1) is 0 Å². The Hall–Kier alpha value is -4.21. The number of ketones is 1. The number of aliphatic imine (C=N–C) groups is 1. The van der Waals surface area contributed by atoms with Crippen LogP contribution in [0, 0.1) is 5.92 Å². The van der Waals surface area contributed by atoms with Crippen LogP contribution in [0.5, 0.6) is 17.2 Å². The van der Waals surface area contributed by atoms with E-state index in [1.807, 2.05) is 6.07 Å². The van der Waals surface area contributed by atoms with Gasteiger partial charge in [0, 0.05) is 22.8 Å². The normalized spacial score (nSPS) is 16.7. The van der Waals surface area contributed by atoms with Gasteiger partial charge in [0.05, 0.1) is 18.7 Å². The van der Waals surface area contributed by atoms with Crippen molar-refractivity contribution in [1.29, 1.82) is 0 Å². The zero-order chi connectivity index (χ0) is 30.2. The second-order valence-electron chi connectivity index (χ2n) is 10.3. The maximum Gasteiger partial charge on any atom is 0.344 e. The SMILES string of the molecule is CC1=NC(=O)N(CCCNCC(=O)c2ccc(Oc3ccc(O)cc3)cc2)C(c2cccc(Cl)c2)C1C(=O)OC(C)C. The van der Waals surface area contributed by atoms with E-state index in [2.05, 4.69) is 10.3 Å². The number of Topliss-reactive ketones (excluding diaryl/α,β-unsaturated/α-hetero) is 1. The molecule has 2 unspecified atom stereocenters. The van der Waals surface area contributed by atoms with Crippen LogP contribution < -0.4 is 10.1 Å². The molecular formula is C32H34ClN3O6. The summed E-state index contributed by atoms with van der Waals surface area (Å²) in [4.78, 5) is 44.6. The number of hydrogen-bond acceptors (Lipinski definition) is 7. The molecule has 2 N–H and O–H groups in total. The van der Waals surface area contributed by atoms with Crippen LogP contribution in [0.25, 0.3) is 0 Å². The summed E-state index contributed by atoms with van der Waals surface area (Å²) in [6.45, 7) is 6.10. The average Bonchev–Trinajstić information content (AvgIpc) is 2.94. The predicted molar refractivity (Wildman–Crippen MR) is 161 cm³/mol. The van der Waals surface area contributed by atoms with E-state index < -0.39 is 24.0 Å². The summed E-state index contributed by atoms with van der Waals surface area (Å²) in [6.07, 6.45) is 0.205. The van der Waals surface area contributed by atoms with Crippen molar-refractivity contribution < 1.29 is 29.0 Å². The summed E-state index contributed by atoms with van der Waals surface area (Å²) in [5, 5.41) is 13.0. The Bertz CT molecular complexity index is 1440. The van der Waals surface area contributed by atoms with Gasteiger partial charge in [-0.1, -0.05) is 23.7 Å². The topological polar surface area (TPSA) is 118 Å². The molecule has 1 heterocycles. The number of hydrogen-bond donors (Lipinski definition) is 2. The average molecular weight is 592 g/mol. The molecule has 0 spiro atoms. The minimum atomic E-state index is -0.765. The number of phenolic OH excluding ortho intramolecular Hbond substituents is 1. The van der Waals surface area contributed by atoms with E-state index in [0.29, 0.717) is 47.3 Å². The molecular weight excluding hydrogens is 558 g/mol. The molecule has 2 amide bonds. The minimum Gasteiger partial charge on any atom is -0.508 e. The highest BCUT2D eigenvalue weighted by Gasteiger charge is 2.43. The molecule has 2 atom stereocenters. The molecule has 0 saturated carbocycles. The Balaban J connectivity index is 1.35. The standard InChI is InChI=1S/C32H34ClN3O6/c1-20(2)41-31(39)29-21(3)35-32(40)36(30(29)23-6-4-7-24(33)18-23)17-5-16-34-19-28(38)22-8-12-26(13-9-22)42-27-14-10-25(37)11-15-27/h4,6-15,18,20,29-30,34,37H,5,16-17,19H2,1-3H3. The molecule has 10 heteroatoms. The number of carbonyl (C=O) groups is 3. The van der Waals surface area contributed by atoms with Crippen LogP contribution in [0.4, 0.5) is 4.79 Å². The zero-order valence-corrected chi connectivity index (χ0v) is 24.5. The third-order valence-corrected chi connectivity index (χ3v) is 6.94. The Morgan fingerprint density at radius 2 is 1.71 bits per heavy atom. The van der Waals surface area contributed by atoms with Crippen molar-refractivity contribution in [2.24, 2.45) is 10.9 Å². The van der Waals surface area contributed by atoms with Crippen molar-refractivity contribution in [2.75, 3.05) is 19.6 Å². The van der Waals surface area contributed by atoms with Crippen LogP contribution in [-0.4, -0.2) is 59.2 Å². The van der Waals surface area contributed by atoms with Crippen LogP contribution >= 0.6 is 11.6 Å². The smallest absolute Gasteiger partial charge is 0.344 e. The molecule has 1 aliphatic heterocycles. The molecule has 0 aromatic heterocycles. The largest absolute Gasteiger partial charge is 0.508 e. The molecule has 0 aliphatic carbocycles. The Kier molecular flexibility index (Phi) is 10.3. The van der Waals surface area contributed by atoms with Crippen LogP contribution in [-0.2, 0) is 9.53 Å². The van der Waals surface area contributed by atoms with Gasteiger partial charge in [0.25, 0.3) is 0 Å². The fraction of sp³-hybridized carbons (Fsp3) is 0.312. The van der Waals surface area contributed by atoms with Gasteiger partial charge in [0.1, 0.15) is 23.2 Å². The van der Waals surface area contributed by atoms with Gasteiger partial charge in [0.2, 0.25) is 0 Å². The van der Waals surface area contributed by atoms with Gasteiger partial charge in [0.15, 0.2) is 5.78 Å². The molecule has 3 aromatic carbocycles. The van der Waals surface area contributed by atoms with Crippen molar-refractivity contribution >= 4 is 35.1 Å². The number of rotatable bonds is 12.